The van der Waals surface area contributed by atoms with E-state index in [0.717, 1.165) is 71.0 Å². The number of piperazine rings is 1. The van der Waals surface area contributed by atoms with E-state index >= 15 is 0 Å². The van der Waals surface area contributed by atoms with E-state index in [1.165, 1.54) is 6.42 Å². The van der Waals surface area contributed by atoms with E-state index in [9.17, 15) is 19.5 Å². The molecule has 10 heteroatoms. The summed E-state index contributed by atoms with van der Waals surface area (Å²) >= 11 is 0. The lowest BCUT2D eigenvalue weighted by Crippen LogP contribution is -2.75. The minimum absolute atomic E-state index is 0.0779. The van der Waals surface area contributed by atoms with Crippen molar-refractivity contribution < 1.29 is 24.2 Å². The van der Waals surface area contributed by atoms with E-state index in [-0.39, 0.29) is 23.6 Å². The maximum Gasteiger partial charge on any atom is 0.269 e. The molecule has 2 atom stereocenters. The highest BCUT2D eigenvalue weighted by molar-refractivity contribution is 6.00. The van der Waals surface area contributed by atoms with Crippen LogP contribution in [-0.4, -0.2) is 95.1 Å². The number of carbonyl (C=O) groups excluding carboxylic acids is 3. The van der Waals surface area contributed by atoms with Crippen molar-refractivity contribution in [3.8, 4) is 5.75 Å². The quantitative estimate of drug-likeness (QED) is 0.337. The number of carbonyl (C=O) groups is 3. The monoisotopic (exact) mass is 557 g/mol. The number of hydrogen-bond donors (Lipinski definition) is 3. The number of nitrogens with zero attached hydrogens (tertiary/aromatic N) is 3. The minimum atomic E-state index is -0.827. The number of hydrogen-bond acceptors (Lipinski definition) is 7. The van der Waals surface area contributed by atoms with Gasteiger partial charge in [0.25, 0.3) is 5.91 Å². The van der Waals surface area contributed by atoms with E-state index < -0.39 is 17.7 Å². The molecule has 0 unspecified atom stereocenters. The molecular weight excluding hydrogens is 510 g/mol. The van der Waals surface area contributed by atoms with Gasteiger partial charge in [0.15, 0.2) is 0 Å². The molecule has 1 spiro atoms. The van der Waals surface area contributed by atoms with E-state index in [0.29, 0.717) is 37.4 Å². The Morgan fingerprint density at radius 3 is 2.55 bits per heavy atom. The summed E-state index contributed by atoms with van der Waals surface area (Å²) < 4.78 is 5.77. The van der Waals surface area contributed by atoms with Crippen LogP contribution in [0.15, 0.2) is 18.3 Å². The lowest BCUT2D eigenvalue weighted by Gasteiger charge is -2.52. The Labute approximate surface area is 238 Å². The number of likely N-dealkylation sites (tertiary alicyclic amines) is 1. The zero-order valence-corrected chi connectivity index (χ0v) is 24.2. The molecule has 3 N–H and O–H groups in total. The van der Waals surface area contributed by atoms with Crippen LogP contribution in [-0.2, 0) is 9.59 Å². The van der Waals surface area contributed by atoms with Gasteiger partial charge < -0.3 is 30.3 Å². The normalized spacial score (nSPS) is 22.7. The zero-order valence-electron chi connectivity index (χ0n) is 24.2. The van der Waals surface area contributed by atoms with E-state index in [2.05, 4.69) is 27.4 Å². The number of nitrogens with one attached hydrogen (secondary N) is 2. The van der Waals surface area contributed by atoms with Crippen molar-refractivity contribution in [2.45, 2.75) is 95.2 Å². The summed E-state index contributed by atoms with van der Waals surface area (Å²) in [4.78, 5) is 47.3. The molecule has 0 bridgehead atoms. The Hall–Kier alpha value is -2.72. The standard InChI is InChI=1S/C30H47N5O5/c1-3-4-17-35-28(38)25(26(36)22-10-6-5-7-11-22)33-29(39)30(35)14-18-34(19-15-30)16-8-9-20-40-23-12-13-24(32-21-23)27(37)31-2/h12-13,21-22,25-26,36H,3-11,14-20H2,1-2H3,(H,31,37)(H,33,39)/t25-,26-/m1/s1. The fourth-order valence-electron chi connectivity index (χ4n) is 6.46. The molecule has 4 rings (SSSR count). The summed E-state index contributed by atoms with van der Waals surface area (Å²) in [6.45, 7) is 5.63. The summed E-state index contributed by atoms with van der Waals surface area (Å²) in [5, 5.41) is 16.7. The van der Waals surface area contributed by atoms with Crippen molar-refractivity contribution >= 4 is 17.7 Å². The number of piperidine rings is 1. The van der Waals surface area contributed by atoms with Crippen LogP contribution in [0, 0.1) is 5.92 Å². The van der Waals surface area contributed by atoms with Crippen molar-refractivity contribution in [3.05, 3.63) is 24.0 Å². The van der Waals surface area contributed by atoms with Crippen molar-refractivity contribution in [1.29, 1.82) is 0 Å². The number of rotatable bonds is 12. The zero-order chi connectivity index (χ0) is 28.5. The predicted molar refractivity (Wildman–Crippen MR) is 152 cm³/mol. The SMILES string of the molecule is CCCCN1C(=O)[C@@H]([C@H](O)C2CCCCC2)NC(=O)C12CCN(CCCCOc1ccc(C(=O)NC)nc1)CC2. The molecule has 3 aliphatic rings. The van der Waals surface area contributed by atoms with Crippen molar-refractivity contribution in [2.75, 3.05) is 39.8 Å². The van der Waals surface area contributed by atoms with Crippen LogP contribution >= 0.6 is 0 Å². The summed E-state index contributed by atoms with van der Waals surface area (Å²) in [6.07, 6.45) is 10.8. The van der Waals surface area contributed by atoms with Crippen LogP contribution < -0.4 is 15.4 Å². The van der Waals surface area contributed by atoms with Gasteiger partial charge in [-0.25, -0.2) is 4.98 Å². The van der Waals surface area contributed by atoms with Crippen molar-refractivity contribution in [2.24, 2.45) is 5.92 Å². The fraction of sp³-hybridized carbons (Fsp3) is 0.733. The maximum atomic E-state index is 13.7. The van der Waals surface area contributed by atoms with Crippen molar-refractivity contribution in [3.63, 3.8) is 0 Å². The average Bonchev–Trinajstić information content (AvgIpc) is 2.99. The van der Waals surface area contributed by atoms with Gasteiger partial charge in [-0.05, 0) is 69.5 Å². The minimum Gasteiger partial charge on any atom is -0.492 e. The number of aliphatic hydroxyl groups is 1. The van der Waals surface area contributed by atoms with E-state index in [1.807, 2.05) is 4.90 Å². The first-order valence-electron chi connectivity index (χ1n) is 15.2. The predicted octanol–water partition coefficient (Wildman–Crippen LogP) is 2.50. The average molecular weight is 558 g/mol. The van der Waals surface area contributed by atoms with Crippen LogP contribution in [0.5, 0.6) is 5.75 Å². The molecule has 0 radical (unpaired) electrons. The molecule has 2 saturated heterocycles. The molecule has 1 aromatic rings. The summed E-state index contributed by atoms with van der Waals surface area (Å²) in [5.41, 5.74) is -0.460. The molecule has 40 heavy (non-hydrogen) atoms. The summed E-state index contributed by atoms with van der Waals surface area (Å²) in [5.74, 6) is 0.297. The van der Waals surface area contributed by atoms with Crippen LogP contribution in [0.4, 0.5) is 0 Å². The van der Waals surface area contributed by atoms with E-state index in [1.54, 1.807) is 25.4 Å². The third kappa shape index (κ3) is 6.94. The first-order chi connectivity index (χ1) is 19.4. The Morgan fingerprint density at radius 2 is 1.90 bits per heavy atom. The smallest absolute Gasteiger partial charge is 0.269 e. The van der Waals surface area contributed by atoms with Crippen LogP contribution in [0.25, 0.3) is 0 Å². The van der Waals surface area contributed by atoms with Gasteiger partial charge in [-0.15, -0.1) is 0 Å². The largest absolute Gasteiger partial charge is 0.492 e. The maximum absolute atomic E-state index is 13.7. The van der Waals surface area contributed by atoms with Crippen molar-refractivity contribution in [1.82, 2.24) is 25.4 Å². The topological polar surface area (TPSA) is 124 Å². The van der Waals surface area contributed by atoms with Crippen LogP contribution in [0.3, 0.4) is 0 Å². The van der Waals surface area contributed by atoms with Gasteiger partial charge in [-0.3, -0.25) is 14.4 Å². The third-order valence-electron chi connectivity index (χ3n) is 8.98. The molecule has 0 aromatic carbocycles. The first-order valence-corrected chi connectivity index (χ1v) is 15.2. The van der Waals surface area contributed by atoms with Gasteiger partial charge >= 0.3 is 0 Å². The molecule has 1 aromatic heterocycles. The highest BCUT2D eigenvalue weighted by Crippen LogP contribution is 2.36. The van der Waals surface area contributed by atoms with Crippen LogP contribution in [0.1, 0.15) is 88.0 Å². The van der Waals surface area contributed by atoms with Crippen LogP contribution in [0.2, 0.25) is 0 Å². The number of pyridine rings is 1. The Balaban J connectivity index is 1.26. The lowest BCUT2D eigenvalue weighted by molar-refractivity contribution is -0.165. The number of aromatic nitrogens is 1. The summed E-state index contributed by atoms with van der Waals surface area (Å²) in [6, 6.07) is 2.57. The van der Waals surface area contributed by atoms with Gasteiger partial charge in [0.1, 0.15) is 23.0 Å². The van der Waals surface area contributed by atoms with E-state index in [4.69, 9.17) is 4.74 Å². The van der Waals surface area contributed by atoms with Gasteiger partial charge in [0, 0.05) is 26.7 Å². The van der Waals surface area contributed by atoms with Gasteiger partial charge in [0.05, 0.1) is 18.9 Å². The lowest BCUT2D eigenvalue weighted by atomic mass is 9.78. The highest BCUT2D eigenvalue weighted by atomic mass is 16.5. The van der Waals surface area contributed by atoms with Gasteiger partial charge in [-0.1, -0.05) is 32.6 Å². The third-order valence-corrected chi connectivity index (χ3v) is 8.98. The molecule has 3 fully saturated rings. The highest BCUT2D eigenvalue weighted by Gasteiger charge is 2.55. The fourth-order valence-corrected chi connectivity index (χ4v) is 6.46. The molecule has 2 aliphatic heterocycles. The Kier molecular flexibility index (Phi) is 10.8. The molecule has 3 heterocycles. The molecule has 3 amide bonds. The summed E-state index contributed by atoms with van der Waals surface area (Å²) in [7, 11) is 1.57. The second-order valence-corrected chi connectivity index (χ2v) is 11.6. The molecule has 10 nitrogen and oxygen atoms in total. The van der Waals surface area contributed by atoms with Gasteiger partial charge in [-0.2, -0.15) is 0 Å². The van der Waals surface area contributed by atoms with Gasteiger partial charge in [0.2, 0.25) is 11.8 Å². The Morgan fingerprint density at radius 1 is 1.15 bits per heavy atom. The number of ether oxygens (including phenoxy) is 1. The molecular formula is C30H47N5O5. The molecule has 1 saturated carbocycles. The number of unbranched alkanes of at least 4 members (excludes halogenated alkanes) is 2. The second-order valence-electron chi connectivity index (χ2n) is 11.6. The first kappa shape index (κ1) is 30.2. The number of aliphatic hydroxyl groups excluding tert-OH is 1. The molecule has 222 valence electrons. The number of amides is 3. The Bertz CT molecular complexity index is 989. The molecule has 1 aliphatic carbocycles. The second kappa shape index (κ2) is 14.3.